The Morgan fingerprint density at radius 2 is 1.88 bits per heavy atom. The molecule has 0 heterocycles. The second-order valence-corrected chi connectivity index (χ2v) is 4.75. The minimum absolute atomic E-state index is 0.0703. The quantitative estimate of drug-likeness (QED) is 0.396. The van der Waals surface area contributed by atoms with Gasteiger partial charge in [0.25, 0.3) is 5.69 Å². The van der Waals surface area contributed by atoms with Crippen molar-refractivity contribution in [2.24, 2.45) is 0 Å². The zero-order valence-electron chi connectivity index (χ0n) is 12.2. The fourth-order valence-electron chi connectivity index (χ4n) is 1.73. The highest BCUT2D eigenvalue weighted by molar-refractivity contribution is 5.74. The number of amides is 2. The van der Waals surface area contributed by atoms with Gasteiger partial charge in [-0.05, 0) is 18.1 Å². The van der Waals surface area contributed by atoms with Crippen LogP contribution in [0.4, 0.5) is 23.7 Å². The normalized spacial score (nSPS) is 11.0. The first kappa shape index (κ1) is 19.2. The number of carboxylic acids is 1. The number of aliphatic carboxylic acids is 1. The van der Waals surface area contributed by atoms with Gasteiger partial charge in [-0.2, -0.15) is 13.2 Å². The van der Waals surface area contributed by atoms with Crippen LogP contribution in [0, 0.1) is 10.1 Å². The first-order chi connectivity index (χ1) is 11.1. The zero-order valence-corrected chi connectivity index (χ0v) is 12.2. The van der Waals surface area contributed by atoms with Crippen molar-refractivity contribution in [2.75, 3.05) is 6.54 Å². The van der Waals surface area contributed by atoms with Gasteiger partial charge in [0.15, 0.2) is 0 Å². The van der Waals surface area contributed by atoms with Crippen LogP contribution in [0.5, 0.6) is 0 Å². The molecule has 132 valence electrons. The first-order valence-electron chi connectivity index (χ1n) is 6.68. The van der Waals surface area contributed by atoms with Gasteiger partial charge in [0.05, 0.1) is 10.5 Å². The number of carbonyl (C=O) groups is 2. The molecule has 8 nitrogen and oxygen atoms in total. The summed E-state index contributed by atoms with van der Waals surface area (Å²) in [5.74, 6) is -1.02. The average Bonchev–Trinajstić information content (AvgIpc) is 2.48. The highest BCUT2D eigenvalue weighted by Crippen LogP contribution is 2.32. The Morgan fingerprint density at radius 3 is 2.42 bits per heavy atom. The molecule has 0 radical (unpaired) electrons. The molecule has 0 unspecified atom stereocenters. The maximum Gasteiger partial charge on any atom is 0.416 e. The van der Waals surface area contributed by atoms with Gasteiger partial charge >= 0.3 is 18.2 Å². The highest BCUT2D eigenvalue weighted by Gasteiger charge is 2.32. The largest absolute Gasteiger partial charge is 0.481 e. The predicted octanol–water partition coefficient (Wildman–Crippen LogP) is 2.28. The van der Waals surface area contributed by atoms with E-state index in [4.69, 9.17) is 5.11 Å². The van der Waals surface area contributed by atoms with Crippen LogP contribution in [-0.2, 0) is 17.5 Å². The molecule has 0 bridgehead atoms. The number of nitrogens with zero attached hydrogens (tertiary/aromatic N) is 1. The Balaban J connectivity index is 2.67. The van der Waals surface area contributed by atoms with Crippen LogP contribution in [0.1, 0.15) is 24.0 Å². The lowest BCUT2D eigenvalue weighted by Gasteiger charge is -2.10. The van der Waals surface area contributed by atoms with Gasteiger partial charge in [-0.3, -0.25) is 14.9 Å². The Labute approximate surface area is 133 Å². The molecular weight excluding hydrogens is 335 g/mol. The van der Waals surface area contributed by atoms with Crippen molar-refractivity contribution in [3.63, 3.8) is 0 Å². The number of urea groups is 1. The second-order valence-electron chi connectivity index (χ2n) is 4.75. The molecule has 0 fully saturated rings. The summed E-state index contributed by atoms with van der Waals surface area (Å²) in [6, 6.07) is 1.33. The number of carbonyl (C=O) groups excluding carboxylic acids is 1. The van der Waals surface area contributed by atoms with Gasteiger partial charge in [0.2, 0.25) is 0 Å². The number of nitrogens with one attached hydrogen (secondary N) is 2. The fraction of sp³-hybridized carbons (Fsp3) is 0.385. The van der Waals surface area contributed by atoms with E-state index in [2.05, 4.69) is 10.6 Å². The standard InChI is InChI=1S/C13H14F3N3O5/c14-13(15,16)9-4-8(5-10(6-9)19(23)24)7-18-12(22)17-3-1-2-11(20)21/h4-6H,1-3,7H2,(H,20,21)(H2,17,18,22). The number of nitro groups is 1. The van der Waals surface area contributed by atoms with Gasteiger partial charge in [0, 0.05) is 31.6 Å². The first-order valence-corrected chi connectivity index (χ1v) is 6.68. The molecule has 0 aliphatic rings. The van der Waals surface area contributed by atoms with Crippen molar-refractivity contribution in [1.82, 2.24) is 10.6 Å². The number of hydrogen-bond acceptors (Lipinski definition) is 4. The average molecular weight is 349 g/mol. The third-order valence-electron chi connectivity index (χ3n) is 2.82. The topological polar surface area (TPSA) is 122 Å². The number of hydrogen-bond donors (Lipinski definition) is 3. The van der Waals surface area contributed by atoms with Crippen molar-refractivity contribution >= 4 is 17.7 Å². The molecule has 0 aliphatic heterocycles. The molecule has 1 aromatic carbocycles. The van der Waals surface area contributed by atoms with E-state index < -0.39 is 34.4 Å². The summed E-state index contributed by atoms with van der Waals surface area (Å²) >= 11 is 0. The van der Waals surface area contributed by atoms with Crippen LogP contribution in [-0.4, -0.2) is 28.6 Å². The fourth-order valence-corrected chi connectivity index (χ4v) is 1.73. The van der Waals surface area contributed by atoms with E-state index in [0.29, 0.717) is 12.1 Å². The predicted molar refractivity (Wildman–Crippen MR) is 75.2 cm³/mol. The van der Waals surface area contributed by atoms with Gasteiger partial charge in [-0.1, -0.05) is 0 Å². The molecule has 2 amide bonds. The van der Waals surface area contributed by atoms with Gasteiger partial charge in [0.1, 0.15) is 0 Å². The van der Waals surface area contributed by atoms with E-state index in [1.807, 2.05) is 0 Å². The van der Waals surface area contributed by atoms with Gasteiger partial charge < -0.3 is 15.7 Å². The Bertz CT molecular complexity index is 634. The molecule has 0 saturated heterocycles. The molecule has 0 saturated carbocycles. The Morgan fingerprint density at radius 1 is 1.21 bits per heavy atom. The molecular formula is C13H14F3N3O5. The third kappa shape index (κ3) is 6.50. The van der Waals surface area contributed by atoms with Crippen LogP contribution in [0.3, 0.4) is 0 Å². The Hall–Kier alpha value is -2.85. The van der Waals surface area contributed by atoms with Crippen LogP contribution >= 0.6 is 0 Å². The SMILES string of the molecule is O=C(O)CCCNC(=O)NCc1cc([N+](=O)[O-])cc(C(F)(F)F)c1. The lowest BCUT2D eigenvalue weighted by atomic mass is 10.1. The van der Waals surface area contributed by atoms with E-state index in [1.54, 1.807) is 0 Å². The smallest absolute Gasteiger partial charge is 0.416 e. The van der Waals surface area contributed by atoms with Gasteiger partial charge in [-0.15, -0.1) is 0 Å². The van der Waals surface area contributed by atoms with E-state index in [1.165, 1.54) is 0 Å². The second kappa shape index (κ2) is 8.13. The molecule has 0 aromatic heterocycles. The number of rotatable bonds is 7. The summed E-state index contributed by atoms with van der Waals surface area (Å²) in [6.45, 7) is -0.281. The third-order valence-corrected chi connectivity index (χ3v) is 2.82. The maximum absolute atomic E-state index is 12.7. The number of non-ortho nitro benzene ring substituents is 1. The van der Waals surface area contributed by atoms with Crippen LogP contribution in [0.15, 0.2) is 18.2 Å². The van der Waals surface area contributed by atoms with Crippen molar-refractivity contribution in [3.8, 4) is 0 Å². The van der Waals surface area contributed by atoms with E-state index >= 15 is 0 Å². The van der Waals surface area contributed by atoms with E-state index in [9.17, 15) is 32.9 Å². The summed E-state index contributed by atoms with van der Waals surface area (Å²) in [7, 11) is 0. The number of alkyl halides is 3. The summed E-state index contributed by atoms with van der Waals surface area (Å²) in [5, 5.41) is 23.7. The summed E-state index contributed by atoms with van der Waals surface area (Å²) < 4.78 is 38.1. The summed E-state index contributed by atoms with van der Waals surface area (Å²) in [5.41, 5.74) is -2.00. The van der Waals surface area contributed by atoms with Crippen molar-refractivity contribution < 1.29 is 32.8 Å². The molecule has 1 rings (SSSR count). The van der Waals surface area contributed by atoms with Crippen LogP contribution in [0.2, 0.25) is 0 Å². The molecule has 11 heteroatoms. The lowest BCUT2D eigenvalue weighted by Crippen LogP contribution is -2.35. The molecule has 1 aromatic rings. The minimum atomic E-state index is -4.75. The summed E-state index contributed by atoms with van der Waals surface area (Å²) in [6.07, 6.45) is -4.70. The van der Waals surface area contributed by atoms with Crippen LogP contribution in [0.25, 0.3) is 0 Å². The minimum Gasteiger partial charge on any atom is -0.481 e. The zero-order chi connectivity index (χ0) is 18.3. The molecule has 0 aliphatic carbocycles. The van der Waals surface area contributed by atoms with E-state index in [0.717, 1.165) is 6.07 Å². The number of halogens is 3. The van der Waals surface area contributed by atoms with Crippen molar-refractivity contribution in [2.45, 2.75) is 25.6 Å². The van der Waals surface area contributed by atoms with Crippen molar-refractivity contribution in [3.05, 3.63) is 39.4 Å². The molecule has 24 heavy (non-hydrogen) atoms. The number of nitro benzene ring substituents is 1. The number of benzene rings is 1. The van der Waals surface area contributed by atoms with E-state index in [-0.39, 0.29) is 31.5 Å². The monoisotopic (exact) mass is 349 g/mol. The number of carboxylic acid groups (broad SMARTS) is 1. The summed E-state index contributed by atoms with van der Waals surface area (Å²) in [4.78, 5) is 31.5. The highest BCUT2D eigenvalue weighted by atomic mass is 19.4. The molecule has 0 atom stereocenters. The maximum atomic E-state index is 12.7. The lowest BCUT2D eigenvalue weighted by molar-refractivity contribution is -0.385. The Kier molecular flexibility index (Phi) is 6.50. The van der Waals surface area contributed by atoms with Gasteiger partial charge in [-0.25, -0.2) is 4.79 Å². The molecule has 0 spiro atoms. The molecule has 3 N–H and O–H groups in total. The van der Waals surface area contributed by atoms with Crippen LogP contribution < -0.4 is 10.6 Å². The van der Waals surface area contributed by atoms with Crippen molar-refractivity contribution in [1.29, 1.82) is 0 Å².